The van der Waals surface area contributed by atoms with Crippen molar-refractivity contribution < 1.29 is 33.2 Å². The lowest BCUT2D eigenvalue weighted by atomic mass is 10.1. The van der Waals surface area contributed by atoms with E-state index >= 15 is 0 Å². The zero-order valence-corrected chi connectivity index (χ0v) is 20.5. The minimum atomic E-state index is -2.69. The molecule has 2 heterocycles. The fraction of sp³-hybridized carbons (Fsp3) is 0.292. The first-order chi connectivity index (χ1) is 17.1. The molecule has 2 N–H and O–H groups in total. The molecule has 1 aromatic heterocycles. The highest BCUT2D eigenvalue weighted by molar-refractivity contribution is 7.62. The standard InChI is InChI=1S/C24H25N4O7P/c1-36(2,32)13-17-18(34-23(30)15-9-5-3-6-10-15)19(35-24(31)16-11-7-4-8-12-16)22(33-17)28-14-26-21(27-28)20(25)29/h3-12,14,17-19,22H,13H2,1-2H3,(H2,25,29)/t17-,18-,19-,22-/m1/s1. The number of hydrogen-bond donors (Lipinski definition) is 1. The predicted octanol–water partition coefficient (Wildman–Crippen LogP) is 2.35. The van der Waals surface area contributed by atoms with E-state index in [9.17, 15) is 18.9 Å². The van der Waals surface area contributed by atoms with Crippen LogP contribution in [0.2, 0.25) is 0 Å². The number of nitrogens with zero attached hydrogens (tertiary/aromatic N) is 3. The van der Waals surface area contributed by atoms with Gasteiger partial charge in [0.25, 0.3) is 5.91 Å². The lowest BCUT2D eigenvalue weighted by Gasteiger charge is -2.25. The molecule has 0 radical (unpaired) electrons. The van der Waals surface area contributed by atoms with Crippen molar-refractivity contribution in [2.24, 2.45) is 5.73 Å². The minimum Gasteiger partial charge on any atom is -0.452 e. The summed E-state index contributed by atoms with van der Waals surface area (Å²) in [6.07, 6.45) is -3.15. The van der Waals surface area contributed by atoms with Crippen molar-refractivity contribution in [3.63, 3.8) is 0 Å². The second-order valence-corrected chi connectivity index (χ2v) is 12.2. The van der Waals surface area contributed by atoms with E-state index in [-0.39, 0.29) is 23.1 Å². The second-order valence-electron chi connectivity index (χ2n) is 8.71. The molecule has 11 nitrogen and oxygen atoms in total. The van der Waals surface area contributed by atoms with Crippen molar-refractivity contribution in [2.45, 2.75) is 24.5 Å². The SMILES string of the molecule is CP(C)(=O)C[C@H]1O[C@@H](n2cnc(C(N)=O)n2)[C@H](OC(=O)c2ccccc2)[C@@H]1OC(=O)c1ccccc1. The van der Waals surface area contributed by atoms with Gasteiger partial charge in [0.15, 0.2) is 18.4 Å². The number of carbonyl (C=O) groups is 3. The largest absolute Gasteiger partial charge is 0.452 e. The molecule has 2 aromatic carbocycles. The Morgan fingerprint density at radius 3 is 1.94 bits per heavy atom. The first-order valence-electron chi connectivity index (χ1n) is 11.0. The summed E-state index contributed by atoms with van der Waals surface area (Å²) in [6, 6.07) is 16.5. The summed E-state index contributed by atoms with van der Waals surface area (Å²) in [4.78, 5) is 41.4. The molecule has 4 atom stereocenters. The summed E-state index contributed by atoms with van der Waals surface area (Å²) >= 11 is 0. The van der Waals surface area contributed by atoms with E-state index in [0.717, 1.165) is 0 Å². The Labute approximate surface area is 206 Å². The molecule has 188 valence electrons. The molecule has 0 spiro atoms. The average molecular weight is 512 g/mol. The van der Waals surface area contributed by atoms with Crippen LogP contribution in [0, 0.1) is 0 Å². The van der Waals surface area contributed by atoms with Gasteiger partial charge >= 0.3 is 11.9 Å². The van der Waals surface area contributed by atoms with Crippen LogP contribution in [0.4, 0.5) is 0 Å². The molecule has 1 aliphatic heterocycles. The van der Waals surface area contributed by atoms with Gasteiger partial charge in [-0.05, 0) is 37.6 Å². The van der Waals surface area contributed by atoms with E-state index < -0.39 is 49.5 Å². The van der Waals surface area contributed by atoms with Gasteiger partial charge < -0.3 is 24.5 Å². The second kappa shape index (κ2) is 10.4. The van der Waals surface area contributed by atoms with Crippen LogP contribution in [-0.4, -0.2) is 70.4 Å². The number of ether oxygens (including phenoxy) is 3. The van der Waals surface area contributed by atoms with Crippen LogP contribution >= 0.6 is 7.14 Å². The van der Waals surface area contributed by atoms with Crippen molar-refractivity contribution in [2.75, 3.05) is 19.5 Å². The molecule has 12 heteroatoms. The molecule has 1 amide bonds. The summed E-state index contributed by atoms with van der Waals surface area (Å²) in [6.45, 7) is 3.15. The Morgan fingerprint density at radius 1 is 0.944 bits per heavy atom. The maximum atomic E-state index is 13.0. The maximum absolute atomic E-state index is 13.0. The van der Waals surface area contributed by atoms with Gasteiger partial charge in [0, 0.05) is 6.16 Å². The summed E-state index contributed by atoms with van der Waals surface area (Å²) in [7, 11) is -2.69. The van der Waals surface area contributed by atoms with Crippen LogP contribution < -0.4 is 5.73 Å². The average Bonchev–Trinajstić information content (AvgIpc) is 3.45. The van der Waals surface area contributed by atoms with Crippen LogP contribution in [0.3, 0.4) is 0 Å². The summed E-state index contributed by atoms with van der Waals surface area (Å²) in [5.41, 5.74) is 5.82. The van der Waals surface area contributed by atoms with Gasteiger partial charge in [-0.25, -0.2) is 19.3 Å². The van der Waals surface area contributed by atoms with Gasteiger partial charge in [-0.3, -0.25) is 4.79 Å². The van der Waals surface area contributed by atoms with Gasteiger partial charge in [-0.2, -0.15) is 0 Å². The van der Waals surface area contributed by atoms with E-state index in [1.807, 2.05) is 0 Å². The number of primary amides is 1. The Bertz CT molecular complexity index is 1290. The van der Waals surface area contributed by atoms with Gasteiger partial charge in [-0.15, -0.1) is 5.10 Å². The minimum absolute atomic E-state index is 0.0347. The number of nitrogens with two attached hydrogens (primary N) is 1. The van der Waals surface area contributed by atoms with Crippen LogP contribution in [0.15, 0.2) is 67.0 Å². The molecular formula is C24H25N4O7P. The Hall–Kier alpha value is -3.82. The van der Waals surface area contributed by atoms with Gasteiger partial charge in [0.1, 0.15) is 12.4 Å². The Kier molecular flexibility index (Phi) is 7.32. The lowest BCUT2D eigenvalue weighted by Crippen LogP contribution is -2.40. The highest BCUT2D eigenvalue weighted by Gasteiger charge is 2.52. The number of rotatable bonds is 8. The number of hydrogen-bond acceptors (Lipinski definition) is 9. The maximum Gasteiger partial charge on any atom is 0.338 e. The molecular weight excluding hydrogens is 487 g/mol. The van der Waals surface area contributed by atoms with Crippen LogP contribution in [-0.2, 0) is 18.8 Å². The third kappa shape index (κ3) is 5.87. The van der Waals surface area contributed by atoms with Crippen LogP contribution in [0.5, 0.6) is 0 Å². The Balaban J connectivity index is 1.72. The molecule has 1 fully saturated rings. The third-order valence-electron chi connectivity index (χ3n) is 5.40. The molecule has 3 aromatic rings. The van der Waals surface area contributed by atoms with E-state index in [0.29, 0.717) is 0 Å². The topological polar surface area (TPSA) is 153 Å². The molecule has 0 bridgehead atoms. The number of esters is 2. The normalized spacial score (nSPS) is 21.6. The fourth-order valence-corrected chi connectivity index (χ4v) is 4.97. The molecule has 4 rings (SSSR count). The van der Waals surface area contributed by atoms with Gasteiger partial charge in [0.2, 0.25) is 5.82 Å². The first kappa shape index (κ1) is 25.3. The van der Waals surface area contributed by atoms with Crippen LogP contribution in [0.1, 0.15) is 37.6 Å². The van der Waals surface area contributed by atoms with Crippen molar-refractivity contribution in [3.8, 4) is 0 Å². The highest BCUT2D eigenvalue weighted by atomic mass is 31.2. The monoisotopic (exact) mass is 512 g/mol. The zero-order valence-electron chi connectivity index (χ0n) is 19.6. The number of amides is 1. The molecule has 0 unspecified atom stereocenters. The number of carbonyl (C=O) groups excluding carboxylic acids is 3. The molecule has 1 saturated heterocycles. The summed E-state index contributed by atoms with van der Waals surface area (Å²) in [5.74, 6) is -2.50. The highest BCUT2D eigenvalue weighted by Crippen LogP contribution is 2.43. The van der Waals surface area contributed by atoms with Crippen molar-refractivity contribution in [1.29, 1.82) is 0 Å². The predicted molar refractivity (Wildman–Crippen MR) is 128 cm³/mol. The number of aromatic nitrogens is 3. The first-order valence-corrected chi connectivity index (χ1v) is 13.8. The molecule has 0 saturated carbocycles. The van der Waals surface area contributed by atoms with E-state index in [2.05, 4.69) is 10.1 Å². The van der Waals surface area contributed by atoms with Crippen LogP contribution in [0.25, 0.3) is 0 Å². The smallest absolute Gasteiger partial charge is 0.338 e. The van der Waals surface area contributed by atoms with Crippen molar-refractivity contribution in [3.05, 3.63) is 83.9 Å². The molecule has 0 aliphatic carbocycles. The quantitative estimate of drug-likeness (QED) is 0.354. The lowest BCUT2D eigenvalue weighted by molar-refractivity contribution is -0.0542. The van der Waals surface area contributed by atoms with E-state index in [1.54, 1.807) is 74.0 Å². The molecule has 36 heavy (non-hydrogen) atoms. The summed E-state index contributed by atoms with van der Waals surface area (Å²) in [5, 5.41) is 4.03. The van der Waals surface area contributed by atoms with E-state index in [1.165, 1.54) is 11.0 Å². The van der Waals surface area contributed by atoms with E-state index in [4.69, 9.17) is 19.9 Å². The zero-order chi connectivity index (χ0) is 25.9. The summed E-state index contributed by atoms with van der Waals surface area (Å²) < 4.78 is 31.6. The van der Waals surface area contributed by atoms with Crippen molar-refractivity contribution >= 4 is 25.0 Å². The fourth-order valence-electron chi connectivity index (χ4n) is 3.81. The third-order valence-corrected chi connectivity index (χ3v) is 6.64. The molecule has 1 aliphatic rings. The van der Waals surface area contributed by atoms with Gasteiger partial charge in [0.05, 0.1) is 18.3 Å². The van der Waals surface area contributed by atoms with Crippen molar-refractivity contribution in [1.82, 2.24) is 14.8 Å². The Morgan fingerprint density at radius 2 is 1.47 bits per heavy atom. The van der Waals surface area contributed by atoms with Gasteiger partial charge in [-0.1, -0.05) is 36.4 Å². The number of benzene rings is 2.